The van der Waals surface area contributed by atoms with Crippen molar-refractivity contribution in [2.24, 2.45) is 28.6 Å². The Labute approximate surface area is 390 Å². The van der Waals surface area contributed by atoms with Gasteiger partial charge in [-0.25, -0.2) is 22.8 Å². The molecule has 0 aliphatic heterocycles. The Hall–Kier alpha value is -5.50. The van der Waals surface area contributed by atoms with Crippen molar-refractivity contribution in [1.82, 2.24) is 5.32 Å². The van der Waals surface area contributed by atoms with Gasteiger partial charge in [0.25, 0.3) is 0 Å². The number of nitrogens with one attached hydrogen (secondary N) is 2. The largest absolute Gasteiger partial charge is 0.506 e. The highest BCUT2D eigenvalue weighted by molar-refractivity contribution is 8.13. The summed E-state index contributed by atoms with van der Waals surface area (Å²) in [5, 5.41) is 52.0. The number of alkyl halides is 3. The Bertz CT molecular complexity index is 2230. The number of carbonyl (C=O) groups excluding carboxylic acids is 4. The summed E-state index contributed by atoms with van der Waals surface area (Å²) < 4.78 is 57.0. The first-order chi connectivity index (χ1) is 31.5. The number of carboxylic acids is 2. The van der Waals surface area contributed by atoms with Gasteiger partial charge in [-0.05, 0) is 110 Å². The molecule has 11 atom stereocenters. The Morgan fingerprint density at radius 3 is 2.24 bits per heavy atom. The van der Waals surface area contributed by atoms with E-state index in [0.717, 1.165) is 18.2 Å². The fourth-order valence-electron chi connectivity index (χ4n) is 10.3. The number of ketones is 1. The second kappa shape index (κ2) is 22.5. The standard InChI is InChI=1S/C25H31F3O5S.C19H24N2O4.C4H4O4/c1-5-20(31)33-25(21(32)34-12-26)13(2)8-15-16-10-18(27)17-9-14(29)6-7-22(17,3)24(16,28)19(30)11-23(15,25)4;1-13(9-14-3-6-16(25-2)7-4-14)20-11-19(24)15-5-8-18(23)17(10-15)21-12-22;5-3(6)1-2-4(7)8/h6-7,9,13,15-16,18-19,30H,5,8,10-12H2,1-4H3;3-8,10,12-13,19-20,23-24H,9,11H2,1-2H3,(H,21,22);1-2H,(H,5,6)(H,7,8)/b;;2-1+/t13-,15+,16+,18+,19+,22+,23+,24+,25+;13-,19+;/m11./s1. The molecular weight excluding hydrogens is 902 g/mol. The fourth-order valence-corrected chi connectivity index (χ4v) is 11.1. The maximum absolute atomic E-state index is 17.2. The lowest BCUT2D eigenvalue weighted by Crippen LogP contribution is -2.70. The summed E-state index contributed by atoms with van der Waals surface area (Å²) in [6, 6.07) is 11.7. The van der Waals surface area contributed by atoms with Gasteiger partial charge < -0.3 is 45.6 Å². The number of phenols is 1. The molecule has 3 saturated carbocycles. The molecule has 0 bridgehead atoms. The monoisotopic (exact) mass is 960 g/mol. The highest BCUT2D eigenvalue weighted by Gasteiger charge is 2.78. The number of hydrogen-bond donors (Lipinski definition) is 7. The van der Waals surface area contributed by atoms with Gasteiger partial charge in [-0.3, -0.25) is 19.2 Å². The molecule has 1 amide bonds. The summed E-state index contributed by atoms with van der Waals surface area (Å²) in [5.74, 6) is -5.02. The molecule has 19 heteroatoms. The number of halogens is 3. The topological polar surface area (TPSA) is 246 Å². The van der Waals surface area contributed by atoms with Crippen LogP contribution in [0.1, 0.15) is 77.5 Å². The van der Waals surface area contributed by atoms with Gasteiger partial charge in [-0.2, -0.15) is 0 Å². The van der Waals surface area contributed by atoms with Gasteiger partial charge >= 0.3 is 17.9 Å². The van der Waals surface area contributed by atoms with Crippen molar-refractivity contribution in [3.63, 3.8) is 0 Å². The summed E-state index contributed by atoms with van der Waals surface area (Å²) in [6.07, 6.45) is 1.84. The summed E-state index contributed by atoms with van der Waals surface area (Å²) in [4.78, 5) is 67.4. The molecule has 4 aliphatic rings. The Morgan fingerprint density at radius 1 is 1.03 bits per heavy atom. The number of phenolic OH excluding ortho intramolecular Hbond substituents is 1. The molecule has 3 fully saturated rings. The van der Waals surface area contributed by atoms with Crippen LogP contribution in [0.3, 0.4) is 0 Å². The molecule has 67 heavy (non-hydrogen) atoms. The van der Waals surface area contributed by atoms with Crippen LogP contribution in [0.2, 0.25) is 0 Å². The Balaban J connectivity index is 0.000000260. The number of carbonyl (C=O) groups is 6. The van der Waals surface area contributed by atoms with E-state index in [9.17, 15) is 48.5 Å². The fraction of sp³-hybridized carbons (Fsp3) is 0.500. The van der Waals surface area contributed by atoms with Crippen LogP contribution in [0.4, 0.5) is 18.9 Å². The number of aliphatic hydroxyl groups excluding tert-OH is 2. The minimum absolute atomic E-state index is 0.0141. The van der Waals surface area contributed by atoms with Crippen molar-refractivity contribution in [2.75, 3.05) is 25.0 Å². The van der Waals surface area contributed by atoms with Crippen LogP contribution in [0.15, 0.2) is 78.4 Å². The molecule has 7 N–H and O–H groups in total. The maximum Gasteiger partial charge on any atom is 0.328 e. The van der Waals surface area contributed by atoms with E-state index in [1.165, 1.54) is 30.7 Å². The highest BCUT2D eigenvalue weighted by atomic mass is 32.2. The SMILES string of the molecule is CCC(=O)O[C@]1(C(=O)SCF)[C@H](C)C[C@H]2[C@@H]3C[C@H](F)C4=CC(=O)C=C[C@]4(C)[C@@]3(F)[C@@H](O)C[C@@]21C.COc1ccc(C[C@@H](C)NC[C@H](O)c2ccc(O)c(NC=O)c2)cc1.O=C(O)/C=C/C(=O)O. The number of esters is 1. The van der Waals surface area contributed by atoms with Crippen LogP contribution in [-0.4, -0.2) is 110 Å². The zero-order valence-electron chi connectivity index (χ0n) is 38.0. The molecule has 0 saturated heterocycles. The Morgan fingerprint density at radius 2 is 1.67 bits per heavy atom. The Kier molecular flexibility index (Phi) is 18.2. The average Bonchev–Trinajstić information content (AvgIpc) is 3.50. The molecule has 0 spiro atoms. The van der Waals surface area contributed by atoms with Crippen molar-refractivity contribution in [1.29, 1.82) is 0 Å². The second-order valence-corrected chi connectivity index (χ2v) is 18.4. The number of carboxylic acid groups (broad SMARTS) is 2. The molecule has 2 aromatic carbocycles. The van der Waals surface area contributed by atoms with E-state index in [0.29, 0.717) is 42.4 Å². The van der Waals surface area contributed by atoms with Crippen LogP contribution in [0.5, 0.6) is 11.5 Å². The maximum atomic E-state index is 17.2. The van der Waals surface area contributed by atoms with Gasteiger partial charge in [0.05, 0.1) is 25.0 Å². The number of allylic oxidation sites excluding steroid dienone is 4. The van der Waals surface area contributed by atoms with Crippen molar-refractivity contribution in [3.8, 4) is 11.5 Å². The number of ether oxygens (including phenoxy) is 2. The van der Waals surface area contributed by atoms with Gasteiger partial charge in [0.2, 0.25) is 11.5 Å². The van der Waals surface area contributed by atoms with Crippen LogP contribution in [-0.2, 0) is 39.9 Å². The zero-order valence-corrected chi connectivity index (χ0v) is 38.9. The van der Waals surface area contributed by atoms with Gasteiger partial charge in [0.1, 0.15) is 23.7 Å². The molecule has 2 aromatic rings. The molecule has 0 radical (unpaired) electrons. The van der Waals surface area contributed by atoms with Gasteiger partial charge in [-0.1, -0.05) is 45.0 Å². The third-order valence-electron chi connectivity index (χ3n) is 13.6. The summed E-state index contributed by atoms with van der Waals surface area (Å²) in [6.45, 7) is 8.86. The predicted octanol–water partition coefficient (Wildman–Crippen LogP) is 6.37. The third kappa shape index (κ3) is 11.3. The summed E-state index contributed by atoms with van der Waals surface area (Å²) in [5.41, 5.74) is -4.77. The van der Waals surface area contributed by atoms with E-state index < -0.39 is 93.0 Å². The van der Waals surface area contributed by atoms with Crippen LogP contribution < -0.4 is 15.4 Å². The van der Waals surface area contributed by atoms with E-state index >= 15 is 8.78 Å². The van der Waals surface area contributed by atoms with E-state index in [2.05, 4.69) is 10.6 Å². The van der Waals surface area contributed by atoms with Gasteiger partial charge in [0, 0.05) is 53.8 Å². The molecular formula is C48H59F3N2O13S. The molecule has 15 nitrogen and oxygen atoms in total. The van der Waals surface area contributed by atoms with Crippen molar-refractivity contribution >= 4 is 52.7 Å². The molecule has 0 aromatic heterocycles. The quantitative estimate of drug-likeness (QED) is 0.0444. The minimum Gasteiger partial charge on any atom is -0.506 e. The normalized spacial score (nSPS) is 30.0. The van der Waals surface area contributed by atoms with Crippen molar-refractivity contribution < 1.29 is 76.9 Å². The summed E-state index contributed by atoms with van der Waals surface area (Å²) in [7, 11) is 1.64. The zero-order chi connectivity index (χ0) is 50.1. The number of aliphatic carboxylic acids is 2. The predicted molar refractivity (Wildman–Crippen MR) is 242 cm³/mol. The number of anilines is 1. The number of rotatable bonds is 15. The number of fused-ring (bicyclic) bond motifs is 5. The number of aliphatic hydroxyl groups is 2. The van der Waals surface area contributed by atoms with Crippen molar-refractivity contribution in [2.45, 2.75) is 102 Å². The van der Waals surface area contributed by atoms with Crippen molar-refractivity contribution in [3.05, 3.63) is 89.5 Å². The lowest BCUT2D eigenvalue weighted by molar-refractivity contribution is -0.228. The molecule has 0 unspecified atom stereocenters. The smallest absolute Gasteiger partial charge is 0.328 e. The van der Waals surface area contributed by atoms with Gasteiger partial charge in [0.15, 0.2) is 17.1 Å². The van der Waals surface area contributed by atoms with E-state index in [1.807, 2.05) is 31.2 Å². The molecule has 0 heterocycles. The average molecular weight is 961 g/mol. The first-order valence-corrected chi connectivity index (χ1v) is 22.6. The number of methoxy groups -OCH3 is 1. The number of aromatic hydroxyl groups is 1. The van der Waals surface area contributed by atoms with Crippen LogP contribution in [0, 0.1) is 28.6 Å². The van der Waals surface area contributed by atoms with Crippen LogP contribution in [0.25, 0.3) is 0 Å². The summed E-state index contributed by atoms with van der Waals surface area (Å²) >= 11 is 0.396. The van der Waals surface area contributed by atoms with E-state index in [-0.39, 0.29) is 48.7 Å². The molecule has 366 valence electrons. The number of benzene rings is 2. The van der Waals surface area contributed by atoms with Gasteiger partial charge in [-0.15, -0.1) is 0 Å². The first-order valence-electron chi connectivity index (χ1n) is 21.6. The molecule has 4 aliphatic carbocycles. The third-order valence-corrected chi connectivity index (χ3v) is 14.2. The highest BCUT2D eigenvalue weighted by Crippen LogP contribution is 2.72. The number of hydrogen-bond acceptors (Lipinski definition) is 13. The number of amides is 1. The van der Waals surface area contributed by atoms with E-state index in [1.54, 1.807) is 40.0 Å². The lowest BCUT2D eigenvalue weighted by atomic mass is 9.44. The minimum atomic E-state index is -2.30. The first kappa shape index (κ1) is 54.1. The molecule has 6 rings (SSSR count). The second-order valence-electron chi connectivity index (χ2n) is 17.5. The number of thioether (sulfide) groups is 1. The lowest BCUT2D eigenvalue weighted by Gasteiger charge is -2.63. The van der Waals surface area contributed by atoms with E-state index in [4.69, 9.17) is 19.7 Å². The van der Waals surface area contributed by atoms with Crippen LogP contribution >= 0.6 is 11.8 Å².